The normalized spacial score (nSPS) is 14.5. The maximum absolute atomic E-state index is 9.87. The van der Waals surface area contributed by atoms with Crippen molar-refractivity contribution in [3.63, 3.8) is 0 Å². The molecule has 1 saturated heterocycles. The number of aromatic nitrogens is 6. The Morgan fingerprint density at radius 2 is 1.88 bits per heavy atom. The number of benzene rings is 1. The summed E-state index contributed by atoms with van der Waals surface area (Å²) < 4.78 is 3.98. The summed E-state index contributed by atoms with van der Waals surface area (Å²) >= 11 is 0. The van der Waals surface area contributed by atoms with Gasteiger partial charge in [0.15, 0.2) is 0 Å². The van der Waals surface area contributed by atoms with E-state index in [0.29, 0.717) is 11.5 Å². The first-order chi connectivity index (χ1) is 15.7. The standard InChI is InChI=1S/C24H24N8/c1-30-11-8-27-23(30)20-12-19(14-26-15-20)21-5-3-4-18(13-25)22(21)32-9-6-17(7-10-32)24-29-28-16-31(24)2/h3-5,8,11-12,14-17H,6-7,9-10H2,1-2H3. The zero-order valence-electron chi connectivity index (χ0n) is 18.2. The molecule has 4 aromatic rings. The molecule has 32 heavy (non-hydrogen) atoms. The highest BCUT2D eigenvalue weighted by Gasteiger charge is 2.27. The van der Waals surface area contributed by atoms with Gasteiger partial charge in [0.05, 0.1) is 11.3 Å². The van der Waals surface area contributed by atoms with Crippen molar-refractivity contribution in [1.29, 1.82) is 5.26 Å². The Kier molecular flexibility index (Phi) is 5.15. The fourth-order valence-corrected chi connectivity index (χ4v) is 4.58. The number of piperidine rings is 1. The Morgan fingerprint density at radius 1 is 1.06 bits per heavy atom. The van der Waals surface area contributed by atoms with Crippen molar-refractivity contribution in [1.82, 2.24) is 29.3 Å². The van der Waals surface area contributed by atoms with Crippen molar-refractivity contribution in [3.8, 4) is 28.6 Å². The van der Waals surface area contributed by atoms with Crippen molar-refractivity contribution in [2.75, 3.05) is 18.0 Å². The van der Waals surface area contributed by atoms with Crippen LogP contribution < -0.4 is 4.90 Å². The largest absolute Gasteiger partial charge is 0.370 e. The third kappa shape index (κ3) is 3.52. The molecule has 0 N–H and O–H groups in total. The Balaban J connectivity index is 1.49. The Morgan fingerprint density at radius 3 is 2.56 bits per heavy atom. The molecular formula is C24H24N8. The third-order valence-corrected chi connectivity index (χ3v) is 6.21. The molecule has 5 rings (SSSR count). The van der Waals surface area contributed by atoms with Gasteiger partial charge in [-0.05, 0) is 25.0 Å². The highest BCUT2D eigenvalue weighted by Crippen LogP contribution is 2.38. The first-order valence-electron chi connectivity index (χ1n) is 10.7. The van der Waals surface area contributed by atoms with Crippen LogP contribution in [0.15, 0.2) is 55.4 Å². The van der Waals surface area contributed by atoms with Gasteiger partial charge in [-0.2, -0.15) is 5.26 Å². The van der Waals surface area contributed by atoms with Gasteiger partial charge in [0, 0.05) is 74.6 Å². The molecule has 0 radical (unpaired) electrons. The molecule has 1 aromatic carbocycles. The van der Waals surface area contributed by atoms with E-state index < -0.39 is 0 Å². The number of hydrogen-bond donors (Lipinski definition) is 0. The van der Waals surface area contributed by atoms with Gasteiger partial charge < -0.3 is 14.0 Å². The zero-order valence-corrected chi connectivity index (χ0v) is 18.2. The Bertz CT molecular complexity index is 1290. The SMILES string of the molecule is Cn1ccnc1-c1cncc(-c2cccc(C#N)c2N2CCC(c3nncn3C)CC2)c1. The van der Waals surface area contributed by atoms with E-state index in [1.54, 1.807) is 12.5 Å². The van der Waals surface area contributed by atoms with Crippen molar-refractivity contribution in [2.24, 2.45) is 14.1 Å². The predicted molar refractivity (Wildman–Crippen MR) is 122 cm³/mol. The topological polar surface area (TPSA) is 88.4 Å². The quantitative estimate of drug-likeness (QED) is 0.498. The van der Waals surface area contributed by atoms with Gasteiger partial charge in [-0.3, -0.25) is 4.98 Å². The maximum Gasteiger partial charge on any atom is 0.141 e. The summed E-state index contributed by atoms with van der Waals surface area (Å²) in [5.41, 5.74) is 4.61. The molecule has 1 aliphatic rings. The van der Waals surface area contributed by atoms with E-state index in [-0.39, 0.29) is 0 Å². The molecule has 3 aromatic heterocycles. The predicted octanol–water partition coefficient (Wildman–Crippen LogP) is 3.53. The highest BCUT2D eigenvalue weighted by atomic mass is 15.3. The van der Waals surface area contributed by atoms with E-state index in [1.807, 2.05) is 54.0 Å². The van der Waals surface area contributed by atoms with Crippen LogP contribution in [0.1, 0.15) is 30.1 Å². The van der Waals surface area contributed by atoms with Gasteiger partial charge in [-0.25, -0.2) is 4.98 Å². The number of nitrogens with zero attached hydrogens (tertiary/aromatic N) is 8. The van der Waals surface area contributed by atoms with E-state index in [1.165, 1.54) is 0 Å². The second-order valence-electron chi connectivity index (χ2n) is 8.20. The van der Waals surface area contributed by atoms with Crippen LogP contribution in [0.2, 0.25) is 0 Å². The first kappa shape index (κ1) is 19.9. The van der Waals surface area contributed by atoms with Gasteiger partial charge >= 0.3 is 0 Å². The number of anilines is 1. The van der Waals surface area contributed by atoms with E-state index in [0.717, 1.165) is 60.0 Å². The van der Waals surface area contributed by atoms with Gasteiger partial charge in [0.1, 0.15) is 24.0 Å². The molecule has 0 spiro atoms. The molecule has 4 heterocycles. The number of aryl methyl sites for hydroxylation is 2. The molecule has 0 aliphatic carbocycles. The van der Waals surface area contributed by atoms with Crippen molar-refractivity contribution in [2.45, 2.75) is 18.8 Å². The fourth-order valence-electron chi connectivity index (χ4n) is 4.58. The number of para-hydroxylation sites is 1. The van der Waals surface area contributed by atoms with E-state index in [2.05, 4.69) is 43.3 Å². The molecule has 0 amide bonds. The lowest BCUT2D eigenvalue weighted by Gasteiger charge is -2.35. The molecule has 1 fully saturated rings. The summed E-state index contributed by atoms with van der Waals surface area (Å²) in [5.74, 6) is 2.28. The second kappa shape index (κ2) is 8.27. The number of nitriles is 1. The van der Waals surface area contributed by atoms with E-state index >= 15 is 0 Å². The lowest BCUT2D eigenvalue weighted by molar-refractivity contribution is 0.474. The van der Waals surface area contributed by atoms with E-state index in [4.69, 9.17) is 0 Å². The minimum Gasteiger partial charge on any atom is -0.370 e. The Labute approximate surface area is 186 Å². The maximum atomic E-state index is 9.87. The van der Waals surface area contributed by atoms with Crippen LogP contribution in [0, 0.1) is 11.3 Å². The van der Waals surface area contributed by atoms with Gasteiger partial charge in [0.25, 0.3) is 0 Å². The Hall–Kier alpha value is -3.99. The molecule has 8 nitrogen and oxygen atoms in total. The lowest BCUT2D eigenvalue weighted by Crippen LogP contribution is -2.34. The fraction of sp³-hybridized carbons (Fsp3) is 0.292. The van der Waals surface area contributed by atoms with Crippen molar-refractivity contribution in [3.05, 3.63) is 66.8 Å². The van der Waals surface area contributed by atoms with Crippen molar-refractivity contribution < 1.29 is 0 Å². The molecule has 0 unspecified atom stereocenters. The average Bonchev–Trinajstić information content (AvgIpc) is 3.46. The summed E-state index contributed by atoms with van der Waals surface area (Å²) in [6.07, 6.45) is 11.1. The number of rotatable bonds is 4. The average molecular weight is 425 g/mol. The smallest absolute Gasteiger partial charge is 0.141 e. The minimum absolute atomic E-state index is 0.379. The van der Waals surface area contributed by atoms with Crippen LogP contribution >= 0.6 is 0 Å². The van der Waals surface area contributed by atoms with Gasteiger partial charge in [0.2, 0.25) is 0 Å². The van der Waals surface area contributed by atoms with Crippen LogP contribution in [0.3, 0.4) is 0 Å². The van der Waals surface area contributed by atoms with Crippen LogP contribution in [0.25, 0.3) is 22.5 Å². The summed E-state index contributed by atoms with van der Waals surface area (Å²) in [6, 6.07) is 10.4. The van der Waals surface area contributed by atoms with Crippen LogP contribution in [0.5, 0.6) is 0 Å². The molecule has 160 valence electrons. The van der Waals surface area contributed by atoms with Crippen LogP contribution in [-0.2, 0) is 14.1 Å². The molecule has 1 aliphatic heterocycles. The minimum atomic E-state index is 0.379. The van der Waals surface area contributed by atoms with Crippen molar-refractivity contribution >= 4 is 5.69 Å². The number of imidazole rings is 1. The third-order valence-electron chi connectivity index (χ3n) is 6.21. The van der Waals surface area contributed by atoms with Gasteiger partial charge in [-0.1, -0.05) is 12.1 Å². The highest BCUT2D eigenvalue weighted by molar-refractivity contribution is 5.84. The molecule has 0 bridgehead atoms. The number of hydrogen-bond acceptors (Lipinski definition) is 6. The van der Waals surface area contributed by atoms with Crippen LogP contribution in [0.4, 0.5) is 5.69 Å². The molecule has 0 saturated carbocycles. The summed E-state index contributed by atoms with van der Waals surface area (Å²) in [6.45, 7) is 1.71. The first-order valence-corrected chi connectivity index (χ1v) is 10.7. The summed E-state index contributed by atoms with van der Waals surface area (Å²) in [7, 11) is 3.96. The summed E-state index contributed by atoms with van der Waals surface area (Å²) in [4.78, 5) is 11.3. The lowest BCUT2D eigenvalue weighted by atomic mass is 9.93. The molecular weight excluding hydrogens is 400 g/mol. The van der Waals surface area contributed by atoms with E-state index in [9.17, 15) is 5.26 Å². The number of pyridine rings is 1. The summed E-state index contributed by atoms with van der Waals surface area (Å²) in [5, 5.41) is 18.2. The zero-order chi connectivity index (χ0) is 22.1. The second-order valence-corrected chi connectivity index (χ2v) is 8.20. The molecule has 8 heteroatoms. The monoisotopic (exact) mass is 424 g/mol. The van der Waals surface area contributed by atoms with Gasteiger partial charge in [-0.15, -0.1) is 10.2 Å². The van der Waals surface area contributed by atoms with Crippen LogP contribution in [-0.4, -0.2) is 42.4 Å². The molecule has 0 atom stereocenters.